The predicted molar refractivity (Wildman–Crippen MR) is 140 cm³/mol. The van der Waals surface area contributed by atoms with Crippen LogP contribution in [-0.4, -0.2) is 45.8 Å². The lowest BCUT2D eigenvalue weighted by Crippen LogP contribution is -2.42. The quantitative estimate of drug-likeness (QED) is 0.314. The largest absolute Gasteiger partial charge is 0.488 e. The first kappa shape index (κ1) is 23.2. The Balaban J connectivity index is 1.48. The van der Waals surface area contributed by atoms with Gasteiger partial charge < -0.3 is 19.3 Å². The van der Waals surface area contributed by atoms with Crippen LogP contribution in [0, 0.1) is 17.3 Å². The number of rotatable bonds is 3. The molecule has 0 amide bonds. The van der Waals surface area contributed by atoms with E-state index >= 15 is 0 Å². The summed E-state index contributed by atoms with van der Waals surface area (Å²) in [4.78, 5) is 6.80. The minimum atomic E-state index is -0.573. The van der Waals surface area contributed by atoms with Gasteiger partial charge in [0.05, 0.1) is 23.2 Å². The Kier molecular flexibility index (Phi) is 5.87. The van der Waals surface area contributed by atoms with Gasteiger partial charge in [0.15, 0.2) is 6.19 Å². The van der Waals surface area contributed by atoms with Crippen molar-refractivity contribution >= 4 is 28.6 Å². The number of piperidine rings is 1. The Morgan fingerprint density at radius 2 is 2.03 bits per heavy atom. The molecule has 0 bridgehead atoms. The van der Waals surface area contributed by atoms with Gasteiger partial charge in [0.2, 0.25) is 5.95 Å². The van der Waals surface area contributed by atoms with Crippen molar-refractivity contribution in [2.75, 3.05) is 25.5 Å². The van der Waals surface area contributed by atoms with Crippen LogP contribution in [0.1, 0.15) is 34.7 Å². The lowest BCUT2D eigenvalue weighted by molar-refractivity contribution is 0.0403. The van der Waals surface area contributed by atoms with Crippen molar-refractivity contribution in [1.82, 2.24) is 14.5 Å². The standard InChI is InChI=1S/C29H26FN5O2/c1-34-11-10-26(27(36)15-34)35-25-9-6-18(13-24(25)33-29(35)32-17-31)12-23-21-5-3-2-4-19(21)16-37-28-14-20(30)7-8-22(23)28/h2-9,12-14,26-27,36H,10-11,15-16H2,1H3,(H,32,33)/t26-,27-/m1/s1. The lowest BCUT2D eigenvalue weighted by atomic mass is 9.92. The van der Waals surface area contributed by atoms with Crippen LogP contribution in [0.15, 0.2) is 60.7 Å². The molecule has 2 atom stereocenters. The lowest BCUT2D eigenvalue weighted by Gasteiger charge is -2.35. The third-order valence-corrected chi connectivity index (χ3v) is 7.20. The molecule has 186 valence electrons. The molecule has 8 heteroatoms. The van der Waals surface area contributed by atoms with Gasteiger partial charge in [-0.1, -0.05) is 30.3 Å². The van der Waals surface area contributed by atoms with E-state index in [1.54, 1.807) is 6.07 Å². The van der Waals surface area contributed by atoms with Crippen LogP contribution in [0.2, 0.25) is 0 Å². The van der Waals surface area contributed by atoms with Crippen molar-refractivity contribution in [3.8, 4) is 11.9 Å². The molecule has 3 heterocycles. The fraction of sp³-hybridized carbons (Fsp3) is 0.241. The number of benzene rings is 3. The molecule has 3 aromatic carbocycles. The highest BCUT2D eigenvalue weighted by molar-refractivity contribution is 5.96. The molecule has 1 fully saturated rings. The molecular weight excluding hydrogens is 469 g/mol. The highest BCUT2D eigenvalue weighted by Gasteiger charge is 2.30. The summed E-state index contributed by atoms with van der Waals surface area (Å²) in [5.41, 5.74) is 6.27. The van der Waals surface area contributed by atoms with Crippen LogP contribution in [-0.2, 0) is 6.61 Å². The van der Waals surface area contributed by atoms with Gasteiger partial charge in [-0.2, -0.15) is 5.26 Å². The number of halogens is 1. The second kappa shape index (κ2) is 9.36. The van der Waals surface area contributed by atoms with E-state index < -0.39 is 6.10 Å². The number of likely N-dealkylation sites (tertiary alicyclic amines) is 1. The van der Waals surface area contributed by atoms with Crippen LogP contribution >= 0.6 is 0 Å². The monoisotopic (exact) mass is 495 g/mol. The Morgan fingerprint density at radius 1 is 1.16 bits per heavy atom. The topological polar surface area (TPSA) is 86.3 Å². The molecule has 6 rings (SSSR count). The molecule has 7 nitrogen and oxygen atoms in total. The molecule has 37 heavy (non-hydrogen) atoms. The highest BCUT2D eigenvalue weighted by atomic mass is 19.1. The first-order valence-electron chi connectivity index (χ1n) is 12.3. The SMILES string of the molecule is CN1CC[C@@H](n2c(NC#N)nc3cc(C=C4c5ccccc5COc5cc(F)ccc54)ccc32)[C@H](O)C1. The predicted octanol–water partition coefficient (Wildman–Crippen LogP) is 4.79. The van der Waals surface area contributed by atoms with Gasteiger partial charge in [-0.25, -0.2) is 9.37 Å². The summed E-state index contributed by atoms with van der Waals surface area (Å²) in [7, 11) is 1.99. The average Bonchev–Trinajstić information content (AvgIpc) is 3.16. The summed E-state index contributed by atoms with van der Waals surface area (Å²) < 4.78 is 21.9. The number of ether oxygens (including phenoxy) is 1. The number of aliphatic hydroxyl groups is 1. The fourth-order valence-corrected chi connectivity index (χ4v) is 5.43. The van der Waals surface area contributed by atoms with E-state index in [2.05, 4.69) is 16.3 Å². The van der Waals surface area contributed by atoms with Crippen LogP contribution in [0.3, 0.4) is 0 Å². The molecule has 2 aliphatic rings. The van der Waals surface area contributed by atoms with Gasteiger partial charge in [-0.3, -0.25) is 5.32 Å². The van der Waals surface area contributed by atoms with Crippen molar-refractivity contribution in [3.63, 3.8) is 0 Å². The molecule has 0 radical (unpaired) electrons. The first-order chi connectivity index (χ1) is 18.0. The molecule has 1 saturated heterocycles. The number of aliphatic hydroxyl groups excluding tert-OH is 1. The van der Waals surface area contributed by atoms with Gasteiger partial charge >= 0.3 is 0 Å². The molecule has 0 saturated carbocycles. The second-order valence-electron chi connectivity index (χ2n) is 9.62. The fourth-order valence-electron chi connectivity index (χ4n) is 5.43. The van der Waals surface area contributed by atoms with E-state index in [1.165, 1.54) is 12.1 Å². The number of hydrogen-bond donors (Lipinski definition) is 2. The normalized spacial score (nSPS) is 20.5. The zero-order valence-electron chi connectivity index (χ0n) is 20.4. The number of nitrogens with zero attached hydrogens (tertiary/aromatic N) is 4. The smallest absolute Gasteiger partial charge is 0.217 e. The number of hydrogen-bond acceptors (Lipinski definition) is 6. The Bertz CT molecular complexity index is 1570. The Hall–Kier alpha value is -4.19. The zero-order valence-corrected chi connectivity index (χ0v) is 20.4. The molecule has 0 aliphatic carbocycles. The minimum Gasteiger partial charge on any atom is -0.488 e. The summed E-state index contributed by atoms with van der Waals surface area (Å²) in [5, 5.41) is 22.9. The number of nitrogens with one attached hydrogen (secondary N) is 1. The molecular formula is C29H26FN5O2. The van der Waals surface area contributed by atoms with Gasteiger partial charge in [-0.05, 0) is 66.1 Å². The number of imidazole rings is 1. The molecule has 4 aromatic rings. The number of anilines is 1. The van der Waals surface area contributed by atoms with Crippen LogP contribution < -0.4 is 10.1 Å². The average molecular weight is 496 g/mol. The van der Waals surface area contributed by atoms with Crippen molar-refractivity contribution in [2.24, 2.45) is 0 Å². The molecule has 0 spiro atoms. The number of aromatic nitrogens is 2. The zero-order chi connectivity index (χ0) is 25.5. The van der Waals surface area contributed by atoms with Crippen molar-refractivity contribution in [3.05, 3.63) is 88.7 Å². The first-order valence-corrected chi connectivity index (χ1v) is 12.3. The van der Waals surface area contributed by atoms with Crippen LogP contribution in [0.25, 0.3) is 22.7 Å². The van der Waals surface area contributed by atoms with E-state index in [0.717, 1.165) is 51.8 Å². The number of β-amino-alcohol motifs (C(OH)–C–C–N with tert-alkyl or cyclic N) is 1. The van der Waals surface area contributed by atoms with Crippen LogP contribution in [0.4, 0.5) is 10.3 Å². The maximum atomic E-state index is 14.0. The van der Waals surface area contributed by atoms with Crippen molar-refractivity contribution < 1.29 is 14.2 Å². The Labute approximate surface area is 214 Å². The van der Waals surface area contributed by atoms with Crippen LogP contribution in [0.5, 0.6) is 5.75 Å². The van der Waals surface area contributed by atoms with Gasteiger partial charge in [0.25, 0.3) is 0 Å². The second-order valence-corrected chi connectivity index (χ2v) is 9.62. The Morgan fingerprint density at radius 3 is 2.86 bits per heavy atom. The molecule has 2 N–H and O–H groups in total. The third-order valence-electron chi connectivity index (χ3n) is 7.20. The summed E-state index contributed by atoms with van der Waals surface area (Å²) in [6, 6.07) is 18.4. The van der Waals surface area contributed by atoms with E-state index in [9.17, 15) is 14.8 Å². The van der Waals surface area contributed by atoms with Crippen molar-refractivity contribution in [1.29, 1.82) is 5.26 Å². The maximum Gasteiger partial charge on any atom is 0.217 e. The summed E-state index contributed by atoms with van der Waals surface area (Å²) in [6.45, 7) is 1.76. The van der Waals surface area contributed by atoms with Gasteiger partial charge in [-0.15, -0.1) is 0 Å². The molecule has 2 aliphatic heterocycles. The molecule has 0 unspecified atom stereocenters. The molecule has 1 aromatic heterocycles. The summed E-state index contributed by atoms with van der Waals surface area (Å²) >= 11 is 0. The third kappa shape index (κ3) is 4.22. The van der Waals surface area contributed by atoms with Gasteiger partial charge in [0.1, 0.15) is 18.2 Å². The van der Waals surface area contributed by atoms with Crippen molar-refractivity contribution in [2.45, 2.75) is 25.2 Å². The van der Waals surface area contributed by atoms with E-state index in [-0.39, 0.29) is 11.9 Å². The number of likely N-dealkylation sites (N-methyl/N-ethyl adjacent to an activating group) is 1. The summed E-state index contributed by atoms with van der Waals surface area (Å²) in [6.07, 6.45) is 4.22. The maximum absolute atomic E-state index is 14.0. The van der Waals surface area contributed by atoms with E-state index in [4.69, 9.17) is 9.72 Å². The van der Waals surface area contributed by atoms with Gasteiger partial charge in [0, 0.05) is 24.7 Å². The highest BCUT2D eigenvalue weighted by Crippen LogP contribution is 2.39. The summed E-state index contributed by atoms with van der Waals surface area (Å²) in [5.74, 6) is 0.583. The van der Waals surface area contributed by atoms with E-state index in [0.29, 0.717) is 24.8 Å². The van der Waals surface area contributed by atoms with E-state index in [1.807, 2.05) is 60.3 Å². The number of nitriles is 1. The number of fused-ring (bicyclic) bond motifs is 3. The minimum absolute atomic E-state index is 0.186.